The molecule has 0 heterocycles. The molecule has 1 atom stereocenters. The lowest BCUT2D eigenvalue weighted by atomic mass is 9.95. The van der Waals surface area contributed by atoms with E-state index in [1.165, 1.54) is 6.42 Å². The van der Waals surface area contributed by atoms with Crippen LogP contribution in [-0.4, -0.2) is 49.6 Å². The molecular weight excluding hydrogens is 432 g/mol. The van der Waals surface area contributed by atoms with Crippen LogP contribution in [-0.2, 0) is 16.1 Å². The summed E-state index contributed by atoms with van der Waals surface area (Å²) in [5.74, 6) is 1.25. The summed E-state index contributed by atoms with van der Waals surface area (Å²) in [5.41, 5.74) is 0.961. The normalized spacial score (nSPS) is 14.7. The van der Waals surface area contributed by atoms with Gasteiger partial charge in [0.2, 0.25) is 5.91 Å². The number of carbonyl (C=O) groups excluding carboxylic acids is 2. The highest BCUT2D eigenvalue weighted by atomic mass is 16.5. The summed E-state index contributed by atoms with van der Waals surface area (Å²) in [6.45, 7) is 2.07. The standard InChI is InChI=1S/C27H36N2O5/c1-4-25(27(31)28-21-13-9-6-10-14-21)29(18-20-11-7-5-8-12-20)26(30)19-34-24-16-22(32-2)15-23(17-24)33-3/h5,7-8,11-12,15-17,21,25H,4,6,9-10,13-14,18-19H2,1-3H3,(H,28,31)/t25-/m0/s1. The van der Waals surface area contributed by atoms with Crippen molar-refractivity contribution in [1.29, 1.82) is 0 Å². The molecule has 7 nitrogen and oxygen atoms in total. The molecule has 0 spiro atoms. The second kappa shape index (κ2) is 12.9. The summed E-state index contributed by atoms with van der Waals surface area (Å²) in [4.78, 5) is 28.3. The number of amides is 2. The molecule has 1 aliphatic rings. The van der Waals surface area contributed by atoms with Gasteiger partial charge in [0.05, 0.1) is 14.2 Å². The third-order valence-corrected chi connectivity index (χ3v) is 6.22. The van der Waals surface area contributed by atoms with Gasteiger partial charge in [-0.3, -0.25) is 9.59 Å². The number of benzene rings is 2. The number of hydrogen-bond donors (Lipinski definition) is 1. The van der Waals surface area contributed by atoms with E-state index in [1.54, 1.807) is 37.3 Å². The Morgan fingerprint density at radius 3 is 2.18 bits per heavy atom. The molecule has 2 aromatic rings. The van der Waals surface area contributed by atoms with Crippen molar-refractivity contribution < 1.29 is 23.8 Å². The van der Waals surface area contributed by atoms with Crippen molar-refractivity contribution in [3.63, 3.8) is 0 Å². The summed E-state index contributed by atoms with van der Waals surface area (Å²) in [5, 5.41) is 3.19. The lowest BCUT2D eigenvalue weighted by Crippen LogP contribution is -2.52. The van der Waals surface area contributed by atoms with Gasteiger partial charge in [-0.1, -0.05) is 56.5 Å². The van der Waals surface area contributed by atoms with Gasteiger partial charge in [0.1, 0.15) is 23.3 Å². The van der Waals surface area contributed by atoms with Crippen LogP contribution in [0.3, 0.4) is 0 Å². The van der Waals surface area contributed by atoms with Crippen molar-refractivity contribution in [2.24, 2.45) is 0 Å². The molecule has 2 aromatic carbocycles. The Bertz CT molecular complexity index is 906. The number of nitrogens with zero attached hydrogens (tertiary/aromatic N) is 1. The molecule has 1 N–H and O–H groups in total. The zero-order chi connectivity index (χ0) is 24.3. The Morgan fingerprint density at radius 1 is 0.971 bits per heavy atom. The first-order valence-corrected chi connectivity index (χ1v) is 12.0. The Hall–Kier alpha value is -3.22. The Labute approximate surface area is 202 Å². The van der Waals surface area contributed by atoms with E-state index in [0.717, 1.165) is 31.2 Å². The monoisotopic (exact) mass is 468 g/mol. The molecule has 1 aliphatic carbocycles. The summed E-state index contributed by atoms with van der Waals surface area (Å²) in [6, 6.07) is 14.5. The maximum Gasteiger partial charge on any atom is 0.261 e. The lowest BCUT2D eigenvalue weighted by Gasteiger charge is -2.32. The number of ether oxygens (including phenoxy) is 3. The van der Waals surface area contributed by atoms with Gasteiger partial charge in [0.25, 0.3) is 5.91 Å². The zero-order valence-corrected chi connectivity index (χ0v) is 20.4. The fourth-order valence-corrected chi connectivity index (χ4v) is 4.34. The van der Waals surface area contributed by atoms with Crippen LogP contribution in [0.4, 0.5) is 0 Å². The van der Waals surface area contributed by atoms with Crippen molar-refractivity contribution >= 4 is 11.8 Å². The highest BCUT2D eigenvalue weighted by Gasteiger charge is 2.30. The van der Waals surface area contributed by atoms with Gasteiger partial charge in [0.15, 0.2) is 6.61 Å². The maximum atomic E-state index is 13.4. The number of methoxy groups -OCH3 is 2. The molecule has 34 heavy (non-hydrogen) atoms. The molecular formula is C27H36N2O5. The predicted octanol–water partition coefficient (Wildman–Crippen LogP) is 4.34. The first-order valence-electron chi connectivity index (χ1n) is 12.0. The first-order chi connectivity index (χ1) is 16.5. The van der Waals surface area contributed by atoms with Crippen LogP contribution in [0.2, 0.25) is 0 Å². The zero-order valence-electron chi connectivity index (χ0n) is 20.4. The van der Waals surface area contributed by atoms with Crippen LogP contribution in [0.1, 0.15) is 51.0 Å². The number of carbonyl (C=O) groups is 2. The molecule has 1 fully saturated rings. The smallest absolute Gasteiger partial charge is 0.261 e. The number of hydrogen-bond acceptors (Lipinski definition) is 5. The fourth-order valence-electron chi connectivity index (χ4n) is 4.34. The van der Waals surface area contributed by atoms with Gasteiger partial charge in [-0.2, -0.15) is 0 Å². The van der Waals surface area contributed by atoms with E-state index >= 15 is 0 Å². The highest BCUT2D eigenvalue weighted by Crippen LogP contribution is 2.27. The quantitative estimate of drug-likeness (QED) is 0.531. The van der Waals surface area contributed by atoms with Crippen molar-refractivity contribution in [3.05, 3.63) is 54.1 Å². The van der Waals surface area contributed by atoms with Gasteiger partial charge in [-0.05, 0) is 24.8 Å². The summed E-state index contributed by atoms with van der Waals surface area (Å²) >= 11 is 0. The molecule has 3 rings (SSSR count). The first kappa shape index (κ1) is 25.4. The molecule has 0 bridgehead atoms. The van der Waals surface area contributed by atoms with Crippen molar-refractivity contribution in [2.75, 3.05) is 20.8 Å². The largest absolute Gasteiger partial charge is 0.496 e. The third kappa shape index (κ3) is 7.14. The van der Waals surface area contributed by atoms with Crippen LogP contribution in [0, 0.1) is 0 Å². The van der Waals surface area contributed by atoms with Crippen molar-refractivity contribution in [1.82, 2.24) is 10.2 Å². The van der Waals surface area contributed by atoms with Crippen molar-refractivity contribution in [2.45, 2.75) is 64.1 Å². The minimum Gasteiger partial charge on any atom is -0.496 e. The second-order valence-corrected chi connectivity index (χ2v) is 8.61. The highest BCUT2D eigenvalue weighted by molar-refractivity contribution is 5.88. The predicted molar refractivity (Wildman–Crippen MR) is 131 cm³/mol. The van der Waals surface area contributed by atoms with Crippen molar-refractivity contribution in [3.8, 4) is 17.2 Å². The van der Waals surface area contributed by atoms with Crippen LogP contribution >= 0.6 is 0 Å². The minimum absolute atomic E-state index is 0.0956. The SMILES string of the molecule is CC[C@@H](C(=O)NC1CCCCC1)N(Cc1ccccc1)C(=O)COc1cc(OC)cc(OC)c1. The van der Waals surface area contributed by atoms with Crippen LogP contribution in [0.25, 0.3) is 0 Å². The van der Waals surface area contributed by atoms with E-state index in [0.29, 0.717) is 30.2 Å². The van der Waals surface area contributed by atoms with Crippen LogP contribution < -0.4 is 19.5 Å². The Morgan fingerprint density at radius 2 is 1.59 bits per heavy atom. The van der Waals surface area contributed by atoms with Crippen LogP contribution in [0.5, 0.6) is 17.2 Å². The third-order valence-electron chi connectivity index (χ3n) is 6.22. The lowest BCUT2D eigenvalue weighted by molar-refractivity contribution is -0.143. The van der Waals surface area contributed by atoms with Gasteiger partial charge in [-0.25, -0.2) is 0 Å². The molecule has 0 radical (unpaired) electrons. The Kier molecular flexibility index (Phi) is 9.62. The summed E-state index contributed by atoms with van der Waals surface area (Å²) < 4.78 is 16.4. The van der Waals surface area contributed by atoms with Gasteiger partial charge < -0.3 is 24.4 Å². The molecule has 0 aliphatic heterocycles. The molecule has 1 saturated carbocycles. The molecule has 0 saturated heterocycles. The van der Waals surface area contributed by atoms with E-state index in [4.69, 9.17) is 14.2 Å². The minimum atomic E-state index is -0.571. The van der Waals surface area contributed by atoms with Crippen LogP contribution in [0.15, 0.2) is 48.5 Å². The molecule has 0 aromatic heterocycles. The van der Waals surface area contributed by atoms with E-state index in [1.807, 2.05) is 37.3 Å². The van der Waals surface area contributed by atoms with E-state index in [9.17, 15) is 9.59 Å². The average Bonchev–Trinajstić information content (AvgIpc) is 2.88. The van der Waals surface area contributed by atoms with Gasteiger partial charge in [-0.15, -0.1) is 0 Å². The second-order valence-electron chi connectivity index (χ2n) is 8.61. The maximum absolute atomic E-state index is 13.4. The molecule has 184 valence electrons. The topological polar surface area (TPSA) is 77.1 Å². The fraction of sp³-hybridized carbons (Fsp3) is 0.481. The molecule has 7 heteroatoms. The van der Waals surface area contributed by atoms with E-state index in [2.05, 4.69) is 5.32 Å². The van der Waals surface area contributed by atoms with Gasteiger partial charge >= 0.3 is 0 Å². The summed E-state index contributed by atoms with van der Waals surface area (Å²) in [7, 11) is 3.12. The average molecular weight is 469 g/mol. The number of rotatable bonds is 11. The van der Waals surface area contributed by atoms with Gasteiger partial charge in [0, 0.05) is 30.8 Å². The van der Waals surface area contributed by atoms with E-state index < -0.39 is 6.04 Å². The number of nitrogens with one attached hydrogen (secondary N) is 1. The van der Waals surface area contributed by atoms with E-state index in [-0.39, 0.29) is 24.5 Å². The summed E-state index contributed by atoms with van der Waals surface area (Å²) in [6.07, 6.45) is 5.99. The molecule has 0 unspecified atom stereocenters. The Balaban J connectivity index is 1.75. The molecule has 2 amide bonds.